The number of nitrogens with one attached hydrogen (secondary N) is 1. The van der Waals surface area contributed by atoms with E-state index in [1.807, 2.05) is 0 Å². The van der Waals surface area contributed by atoms with Crippen molar-refractivity contribution in [3.05, 3.63) is 77.7 Å². The van der Waals surface area contributed by atoms with Crippen molar-refractivity contribution in [1.29, 1.82) is 0 Å². The number of rotatable bonds is 5. The number of ether oxygens (including phenoxy) is 1. The summed E-state index contributed by atoms with van der Waals surface area (Å²) in [5, 5.41) is 0. The van der Waals surface area contributed by atoms with Gasteiger partial charge in [0.05, 0.1) is 10.5 Å². The molecule has 4 rings (SSSR count). The molecule has 30 heavy (non-hydrogen) atoms. The summed E-state index contributed by atoms with van der Waals surface area (Å²) in [6, 6.07) is 13.3. The molecule has 0 saturated carbocycles. The maximum Gasteiger partial charge on any atom is 0.263 e. The van der Waals surface area contributed by atoms with Gasteiger partial charge in [0.25, 0.3) is 5.91 Å². The predicted molar refractivity (Wildman–Crippen MR) is 109 cm³/mol. The molecule has 0 atom stereocenters. The van der Waals surface area contributed by atoms with E-state index in [2.05, 4.69) is 9.71 Å². The third-order valence-corrected chi connectivity index (χ3v) is 6.09. The van der Waals surface area contributed by atoms with Gasteiger partial charge in [0.15, 0.2) is 11.6 Å². The van der Waals surface area contributed by atoms with E-state index in [1.54, 1.807) is 31.3 Å². The first-order valence-corrected chi connectivity index (χ1v) is 10.7. The Morgan fingerprint density at radius 2 is 1.90 bits per heavy atom. The van der Waals surface area contributed by atoms with Gasteiger partial charge in [0.2, 0.25) is 10.0 Å². The van der Waals surface area contributed by atoms with Gasteiger partial charge in [0.1, 0.15) is 11.6 Å². The van der Waals surface area contributed by atoms with Gasteiger partial charge in [-0.1, -0.05) is 18.2 Å². The molecule has 0 fully saturated rings. The number of amides is 1. The van der Waals surface area contributed by atoms with Gasteiger partial charge >= 0.3 is 0 Å². The van der Waals surface area contributed by atoms with E-state index in [4.69, 9.17) is 4.74 Å². The number of halogens is 1. The maximum atomic E-state index is 13.8. The third kappa shape index (κ3) is 3.64. The molecular weight excluding hydrogens is 409 g/mol. The van der Waals surface area contributed by atoms with Gasteiger partial charge in [0, 0.05) is 24.8 Å². The van der Waals surface area contributed by atoms with Crippen molar-refractivity contribution in [2.75, 3.05) is 11.4 Å². The molecule has 0 unspecified atom stereocenters. The Morgan fingerprint density at radius 3 is 2.67 bits per heavy atom. The van der Waals surface area contributed by atoms with Gasteiger partial charge in [-0.05, 0) is 43.3 Å². The predicted octanol–water partition coefficient (Wildman–Crippen LogP) is 3.47. The van der Waals surface area contributed by atoms with Crippen molar-refractivity contribution in [2.45, 2.75) is 18.4 Å². The van der Waals surface area contributed by atoms with Gasteiger partial charge in [-0.25, -0.2) is 22.5 Å². The van der Waals surface area contributed by atoms with Crippen molar-refractivity contribution in [2.24, 2.45) is 0 Å². The summed E-state index contributed by atoms with van der Waals surface area (Å²) in [7, 11) is -3.99. The van der Waals surface area contributed by atoms with Crippen molar-refractivity contribution in [3.8, 4) is 11.5 Å². The van der Waals surface area contributed by atoms with Crippen LogP contribution in [0.4, 0.5) is 10.2 Å². The smallest absolute Gasteiger partial charge is 0.263 e. The highest BCUT2D eigenvalue weighted by atomic mass is 32.2. The fraction of sp³-hybridized carbons (Fsp3) is 0.143. The first-order valence-electron chi connectivity index (χ1n) is 9.22. The molecule has 0 saturated heterocycles. The quantitative estimate of drug-likeness (QED) is 0.674. The summed E-state index contributed by atoms with van der Waals surface area (Å²) in [4.78, 5) is 18.6. The maximum absolute atomic E-state index is 13.8. The van der Waals surface area contributed by atoms with Crippen LogP contribution in [-0.2, 0) is 16.6 Å². The van der Waals surface area contributed by atoms with Crippen LogP contribution in [0.2, 0.25) is 0 Å². The van der Waals surface area contributed by atoms with Crippen LogP contribution in [0, 0.1) is 5.82 Å². The van der Waals surface area contributed by atoms with E-state index in [9.17, 15) is 17.6 Å². The number of nitrogens with zero attached hydrogens (tertiary/aromatic N) is 2. The molecule has 3 aromatic rings. The molecular formula is C21H18FN3O4S. The van der Waals surface area contributed by atoms with E-state index in [-0.39, 0.29) is 28.3 Å². The van der Waals surface area contributed by atoms with E-state index in [1.165, 1.54) is 41.3 Å². The Balaban J connectivity index is 1.68. The van der Waals surface area contributed by atoms with Crippen LogP contribution in [0.1, 0.15) is 22.8 Å². The van der Waals surface area contributed by atoms with Gasteiger partial charge in [-0.2, -0.15) is 0 Å². The summed E-state index contributed by atoms with van der Waals surface area (Å²) < 4.78 is 47.5. The first kappa shape index (κ1) is 20.0. The lowest BCUT2D eigenvalue weighted by molar-refractivity contribution is 0.0987. The van der Waals surface area contributed by atoms with Crippen LogP contribution in [0.25, 0.3) is 0 Å². The lowest BCUT2D eigenvalue weighted by Crippen LogP contribution is -2.31. The number of sulfonamides is 1. The number of pyridine rings is 1. The van der Waals surface area contributed by atoms with Crippen LogP contribution >= 0.6 is 0 Å². The molecule has 154 valence electrons. The number of hydrogen-bond acceptors (Lipinski definition) is 5. The Kier molecular flexibility index (Phi) is 5.23. The normalized spacial score (nSPS) is 13.3. The topological polar surface area (TPSA) is 88.6 Å². The SMILES string of the molecule is CCN1C(=O)c2cc(S(=O)(=O)NCc3ccccc3F)ccc2Oc2cccnc21. The molecule has 1 aliphatic heterocycles. The highest BCUT2D eigenvalue weighted by Gasteiger charge is 2.29. The summed E-state index contributed by atoms with van der Waals surface area (Å²) >= 11 is 0. The molecule has 0 spiro atoms. The highest BCUT2D eigenvalue weighted by Crippen LogP contribution is 2.38. The van der Waals surface area contributed by atoms with Crippen LogP contribution in [0.15, 0.2) is 65.7 Å². The second-order valence-corrected chi connectivity index (χ2v) is 8.32. The van der Waals surface area contributed by atoms with E-state index >= 15 is 0 Å². The van der Waals surface area contributed by atoms with Crippen LogP contribution in [-0.4, -0.2) is 25.9 Å². The first-order chi connectivity index (χ1) is 14.4. The zero-order chi connectivity index (χ0) is 21.3. The molecule has 2 heterocycles. The number of fused-ring (bicyclic) bond motifs is 2. The Labute approximate surface area is 173 Å². The zero-order valence-electron chi connectivity index (χ0n) is 16.0. The molecule has 9 heteroatoms. The van der Waals surface area contributed by atoms with Crippen molar-refractivity contribution in [1.82, 2.24) is 9.71 Å². The highest BCUT2D eigenvalue weighted by molar-refractivity contribution is 7.89. The molecule has 1 N–H and O–H groups in total. The molecule has 0 aliphatic carbocycles. The fourth-order valence-electron chi connectivity index (χ4n) is 3.15. The summed E-state index contributed by atoms with van der Waals surface area (Å²) in [5.41, 5.74) is 0.317. The van der Waals surface area contributed by atoms with Gasteiger partial charge in [-0.15, -0.1) is 0 Å². The summed E-state index contributed by atoms with van der Waals surface area (Å²) in [6.07, 6.45) is 1.55. The molecule has 0 radical (unpaired) electrons. The molecule has 1 aromatic heterocycles. The molecule has 7 nitrogen and oxygen atoms in total. The van der Waals surface area contributed by atoms with Crippen molar-refractivity contribution < 1.29 is 22.3 Å². The zero-order valence-corrected chi connectivity index (χ0v) is 16.8. The number of carbonyl (C=O) groups is 1. The van der Waals surface area contributed by atoms with E-state index in [0.29, 0.717) is 18.1 Å². The lowest BCUT2D eigenvalue weighted by atomic mass is 10.2. The number of carbonyl (C=O) groups excluding carboxylic acids is 1. The Hall–Kier alpha value is -3.30. The third-order valence-electron chi connectivity index (χ3n) is 4.69. The second kappa shape index (κ2) is 7.85. The summed E-state index contributed by atoms with van der Waals surface area (Å²) in [6.45, 7) is 1.90. The minimum Gasteiger partial charge on any atom is -0.453 e. The number of hydrogen-bond donors (Lipinski definition) is 1. The molecule has 2 aromatic carbocycles. The van der Waals surface area contributed by atoms with Crippen LogP contribution < -0.4 is 14.4 Å². The average molecular weight is 427 g/mol. The lowest BCUT2D eigenvalue weighted by Gasteiger charge is -2.18. The Morgan fingerprint density at radius 1 is 1.10 bits per heavy atom. The van der Waals surface area contributed by atoms with E-state index < -0.39 is 21.7 Å². The van der Waals surface area contributed by atoms with E-state index in [0.717, 1.165) is 0 Å². The Bertz CT molecular complexity index is 1230. The monoisotopic (exact) mass is 427 g/mol. The van der Waals surface area contributed by atoms with Crippen molar-refractivity contribution in [3.63, 3.8) is 0 Å². The number of aromatic nitrogens is 1. The minimum atomic E-state index is -3.99. The number of benzene rings is 2. The minimum absolute atomic E-state index is 0.101. The standard InChI is InChI=1S/C21H18FN3O4S/c1-2-25-20-19(8-5-11-23-20)29-18-10-9-15(12-16(18)21(25)26)30(27,28)24-13-14-6-3-4-7-17(14)22/h3-12,24H,2,13H2,1H3. The van der Waals surface area contributed by atoms with Gasteiger partial charge in [-0.3, -0.25) is 9.69 Å². The fourth-order valence-corrected chi connectivity index (χ4v) is 4.18. The largest absolute Gasteiger partial charge is 0.453 e. The summed E-state index contributed by atoms with van der Waals surface area (Å²) in [5.74, 6) is 0.0759. The second-order valence-electron chi connectivity index (χ2n) is 6.55. The molecule has 1 aliphatic rings. The van der Waals surface area contributed by atoms with Crippen LogP contribution in [0.3, 0.4) is 0 Å². The average Bonchev–Trinajstić information content (AvgIpc) is 2.86. The van der Waals surface area contributed by atoms with Crippen LogP contribution in [0.5, 0.6) is 11.5 Å². The molecule has 0 bridgehead atoms. The molecule has 1 amide bonds. The van der Waals surface area contributed by atoms with Crippen molar-refractivity contribution >= 4 is 21.7 Å². The number of anilines is 1. The van der Waals surface area contributed by atoms with Gasteiger partial charge < -0.3 is 4.74 Å².